The molecule has 1 aliphatic rings. The molecule has 0 bridgehead atoms. The van der Waals surface area contributed by atoms with Crippen molar-refractivity contribution >= 4 is 54.8 Å². The van der Waals surface area contributed by atoms with Crippen LogP contribution in [0.3, 0.4) is 0 Å². The second-order valence-electron chi connectivity index (χ2n) is 6.01. The predicted molar refractivity (Wildman–Crippen MR) is 87.6 cm³/mol. The van der Waals surface area contributed by atoms with E-state index in [4.69, 9.17) is 13.3 Å². The molecule has 0 atom stereocenters. The summed E-state index contributed by atoms with van der Waals surface area (Å²) in [5, 5.41) is 5.38. The average molecular weight is 297 g/mol. The fourth-order valence-electron chi connectivity index (χ4n) is 4.06. The van der Waals surface area contributed by atoms with Crippen molar-refractivity contribution in [3.05, 3.63) is 42.8 Å². The van der Waals surface area contributed by atoms with Crippen molar-refractivity contribution in [3.8, 4) is 11.3 Å². The van der Waals surface area contributed by atoms with Gasteiger partial charge in [-0.25, -0.2) is 0 Å². The van der Waals surface area contributed by atoms with Gasteiger partial charge in [-0.2, -0.15) is 0 Å². The lowest BCUT2D eigenvalue weighted by molar-refractivity contribution is 0.616. The van der Waals surface area contributed by atoms with Crippen LogP contribution in [0.1, 0.15) is 0 Å². The van der Waals surface area contributed by atoms with E-state index in [1.54, 1.807) is 12.5 Å². The molecule has 4 heteroatoms. The van der Waals surface area contributed by atoms with Crippen molar-refractivity contribution in [1.82, 2.24) is 4.98 Å². The van der Waals surface area contributed by atoms with Gasteiger partial charge in [0.05, 0.1) is 11.1 Å². The van der Waals surface area contributed by atoms with E-state index in [0.29, 0.717) is 0 Å². The van der Waals surface area contributed by atoms with Gasteiger partial charge < -0.3 is 13.3 Å². The SMILES string of the molecule is c1cc2oc3ccc4oc5ccc6occ7c6c5c4c3c2c-7n1. The summed E-state index contributed by atoms with van der Waals surface area (Å²) in [5.74, 6) is 0. The molecular weight excluding hydrogens is 290 g/mol. The molecule has 0 fully saturated rings. The van der Waals surface area contributed by atoms with Crippen molar-refractivity contribution in [2.45, 2.75) is 0 Å². The van der Waals surface area contributed by atoms with Crippen molar-refractivity contribution in [3.63, 3.8) is 0 Å². The Balaban J connectivity index is 2.07. The lowest BCUT2D eigenvalue weighted by Crippen LogP contribution is -1.81. The first kappa shape index (κ1) is 10.5. The molecule has 0 aliphatic heterocycles. The highest BCUT2D eigenvalue weighted by Crippen LogP contribution is 2.49. The lowest BCUT2D eigenvalue weighted by Gasteiger charge is -1.98. The van der Waals surface area contributed by atoms with Gasteiger partial charge in [0, 0.05) is 33.3 Å². The summed E-state index contributed by atoms with van der Waals surface area (Å²) in [6.45, 7) is 0. The number of fused-ring (bicyclic) bond motifs is 1. The van der Waals surface area contributed by atoms with Crippen LogP contribution in [0.15, 0.2) is 56.0 Å². The number of nitrogens with zero attached hydrogens (tertiary/aromatic N) is 1. The molecule has 6 aromatic rings. The predicted octanol–water partition coefficient (Wildman–Crippen LogP) is 5.61. The van der Waals surface area contributed by atoms with Crippen LogP contribution >= 0.6 is 0 Å². The molecule has 4 aromatic heterocycles. The summed E-state index contributed by atoms with van der Waals surface area (Å²) in [6.07, 6.45) is 3.58. The molecule has 106 valence electrons. The van der Waals surface area contributed by atoms with E-state index in [-0.39, 0.29) is 0 Å². The fourth-order valence-corrected chi connectivity index (χ4v) is 4.06. The first-order valence-electron chi connectivity index (χ1n) is 7.47. The second kappa shape index (κ2) is 3.08. The van der Waals surface area contributed by atoms with Crippen LogP contribution in [0.2, 0.25) is 0 Å². The van der Waals surface area contributed by atoms with E-state index in [1.807, 2.05) is 30.3 Å². The van der Waals surface area contributed by atoms with E-state index in [1.165, 1.54) is 0 Å². The molecule has 0 N–H and O–H groups in total. The number of hydrogen-bond acceptors (Lipinski definition) is 4. The molecule has 7 rings (SSSR count). The van der Waals surface area contributed by atoms with Crippen LogP contribution in [-0.2, 0) is 0 Å². The Morgan fingerprint density at radius 2 is 1.22 bits per heavy atom. The Morgan fingerprint density at radius 3 is 2.00 bits per heavy atom. The van der Waals surface area contributed by atoms with Gasteiger partial charge >= 0.3 is 0 Å². The van der Waals surface area contributed by atoms with Gasteiger partial charge in [0.15, 0.2) is 0 Å². The van der Waals surface area contributed by atoms with Crippen molar-refractivity contribution in [1.29, 1.82) is 0 Å². The molecule has 4 heterocycles. The topological polar surface area (TPSA) is 52.3 Å². The summed E-state index contributed by atoms with van der Waals surface area (Å²) in [7, 11) is 0. The molecule has 0 radical (unpaired) electrons. The van der Waals surface area contributed by atoms with Gasteiger partial charge in [-0.3, -0.25) is 4.98 Å². The summed E-state index contributed by atoms with van der Waals surface area (Å²) in [5.41, 5.74) is 6.20. The zero-order chi connectivity index (χ0) is 14.7. The Kier molecular flexibility index (Phi) is 1.40. The van der Waals surface area contributed by atoms with Crippen LogP contribution < -0.4 is 0 Å². The first-order valence-corrected chi connectivity index (χ1v) is 7.47. The first-order chi connectivity index (χ1) is 11.4. The van der Waals surface area contributed by atoms with Gasteiger partial charge in [0.2, 0.25) is 0 Å². The summed E-state index contributed by atoms with van der Waals surface area (Å²) < 4.78 is 17.9. The highest BCUT2D eigenvalue weighted by molar-refractivity contribution is 6.35. The highest BCUT2D eigenvalue weighted by atomic mass is 16.3. The normalized spacial score (nSPS) is 13.2. The molecule has 0 unspecified atom stereocenters. The maximum Gasteiger partial charge on any atom is 0.139 e. The zero-order valence-electron chi connectivity index (χ0n) is 11.7. The fraction of sp³-hybridized carbons (Fsp3) is 0. The minimum Gasteiger partial charge on any atom is -0.464 e. The molecular formula is C19H7NO3. The third-order valence-electron chi connectivity index (χ3n) is 4.94. The second-order valence-corrected chi connectivity index (χ2v) is 6.01. The van der Waals surface area contributed by atoms with E-state index in [0.717, 1.165) is 66.1 Å². The van der Waals surface area contributed by atoms with E-state index in [9.17, 15) is 0 Å². The van der Waals surface area contributed by atoms with Gasteiger partial charge in [0.25, 0.3) is 0 Å². The number of pyridine rings is 1. The molecule has 0 spiro atoms. The Labute approximate surface area is 127 Å². The maximum atomic E-state index is 6.08. The largest absolute Gasteiger partial charge is 0.464 e. The van der Waals surface area contributed by atoms with Crippen LogP contribution in [0.25, 0.3) is 66.1 Å². The minimum atomic E-state index is 0.842. The summed E-state index contributed by atoms with van der Waals surface area (Å²) in [4.78, 5) is 4.64. The van der Waals surface area contributed by atoms with E-state index >= 15 is 0 Å². The maximum absolute atomic E-state index is 6.08. The van der Waals surface area contributed by atoms with Gasteiger partial charge in [0.1, 0.15) is 34.2 Å². The Morgan fingerprint density at radius 1 is 0.609 bits per heavy atom. The molecule has 4 nitrogen and oxygen atoms in total. The van der Waals surface area contributed by atoms with Crippen LogP contribution in [-0.4, -0.2) is 4.98 Å². The number of rotatable bonds is 0. The standard InChI is InChI=1S/C19H7NO3/c1-2-10-15-14-8(7-21-9(1)14)19-18-13(5-6-20-19)23-12-4-3-11(22-10)16(15)17(12)18/h1-7H. The smallest absolute Gasteiger partial charge is 0.139 e. The van der Waals surface area contributed by atoms with Crippen molar-refractivity contribution < 1.29 is 13.3 Å². The molecule has 0 saturated heterocycles. The van der Waals surface area contributed by atoms with Gasteiger partial charge in [-0.1, -0.05) is 0 Å². The Hall–Kier alpha value is -3.27. The van der Waals surface area contributed by atoms with Gasteiger partial charge in [-0.15, -0.1) is 0 Å². The number of benzene rings is 2. The van der Waals surface area contributed by atoms with Crippen LogP contribution in [0.4, 0.5) is 0 Å². The Bertz CT molecular complexity index is 1460. The number of hydrogen-bond donors (Lipinski definition) is 0. The summed E-state index contributed by atoms with van der Waals surface area (Å²) in [6, 6.07) is 9.79. The van der Waals surface area contributed by atoms with E-state index < -0.39 is 0 Å². The third-order valence-corrected chi connectivity index (χ3v) is 4.94. The average Bonchev–Trinajstić information content (AvgIpc) is 3.22. The van der Waals surface area contributed by atoms with Crippen molar-refractivity contribution in [2.75, 3.05) is 0 Å². The molecule has 23 heavy (non-hydrogen) atoms. The quantitative estimate of drug-likeness (QED) is 0.365. The van der Waals surface area contributed by atoms with Crippen LogP contribution in [0, 0.1) is 0 Å². The zero-order valence-corrected chi connectivity index (χ0v) is 11.7. The van der Waals surface area contributed by atoms with Crippen molar-refractivity contribution in [2.24, 2.45) is 0 Å². The monoisotopic (exact) mass is 297 g/mol. The van der Waals surface area contributed by atoms with Gasteiger partial charge in [-0.05, 0) is 30.3 Å². The molecule has 0 saturated carbocycles. The number of furan rings is 3. The lowest BCUT2D eigenvalue weighted by atomic mass is 10.1. The minimum absolute atomic E-state index is 0.842. The molecule has 0 amide bonds. The van der Waals surface area contributed by atoms with Crippen LogP contribution in [0.5, 0.6) is 0 Å². The highest BCUT2D eigenvalue weighted by Gasteiger charge is 2.27. The molecule has 2 aromatic carbocycles. The third kappa shape index (κ3) is 0.964. The summed E-state index contributed by atoms with van der Waals surface area (Å²) >= 11 is 0. The molecule has 1 aliphatic carbocycles. The number of aromatic nitrogens is 1. The van der Waals surface area contributed by atoms with E-state index in [2.05, 4.69) is 4.98 Å².